The molecule has 6 nitrogen and oxygen atoms in total. The quantitative estimate of drug-likeness (QED) is 0.767. The average Bonchev–Trinajstić information content (AvgIpc) is 3.26. The highest BCUT2D eigenvalue weighted by Gasteiger charge is 2.20. The van der Waals surface area contributed by atoms with Crippen LogP contribution in [0.3, 0.4) is 0 Å². The van der Waals surface area contributed by atoms with E-state index >= 15 is 0 Å². The Labute approximate surface area is 146 Å². The van der Waals surface area contributed by atoms with Crippen LogP contribution in [0.1, 0.15) is 34.6 Å². The fourth-order valence-electron chi connectivity index (χ4n) is 2.75. The topological polar surface area (TPSA) is 77.2 Å². The first-order chi connectivity index (χ1) is 12.2. The molecule has 0 fully saturated rings. The third-order valence-corrected chi connectivity index (χ3v) is 4.78. The summed E-state index contributed by atoms with van der Waals surface area (Å²) in [4.78, 5) is 15.2. The summed E-state index contributed by atoms with van der Waals surface area (Å²) < 4.78 is 20.4. The van der Waals surface area contributed by atoms with Gasteiger partial charge in [0.2, 0.25) is 5.13 Å². The molecule has 25 heavy (non-hydrogen) atoms. The fraction of sp³-hybridized carbons (Fsp3) is 0.235. The second-order valence-electron chi connectivity index (χ2n) is 5.63. The van der Waals surface area contributed by atoms with Gasteiger partial charge in [-0.05, 0) is 30.5 Å². The van der Waals surface area contributed by atoms with Gasteiger partial charge in [0.15, 0.2) is 5.69 Å². The number of carboxylic acids is 1. The second kappa shape index (κ2) is 6.29. The van der Waals surface area contributed by atoms with Crippen molar-refractivity contribution in [2.24, 2.45) is 0 Å². The highest BCUT2D eigenvalue weighted by molar-refractivity contribution is 7.12. The molecule has 0 saturated heterocycles. The van der Waals surface area contributed by atoms with Crippen LogP contribution in [0.2, 0.25) is 0 Å². The predicted molar refractivity (Wildman–Crippen MR) is 91.7 cm³/mol. The van der Waals surface area contributed by atoms with Crippen LogP contribution in [0, 0.1) is 0 Å². The Hall–Kier alpha value is -2.74. The Kier molecular flexibility index (Phi) is 3.96. The van der Waals surface area contributed by atoms with Gasteiger partial charge in [-0.2, -0.15) is 5.10 Å². The molecule has 1 aromatic carbocycles. The standard InChI is InChI=1S/C17H14FN3O3S/c18-8-10-4-5-11-13(7-10)21(17-19-12(9-25-17)16(22)23)20-15(11)14-3-1-2-6-24-14/h3-5,7,9H,1-2,6,8H2,(H,22,23). The Balaban J connectivity index is 1.92. The molecule has 3 aromatic rings. The number of thiazole rings is 1. The lowest BCUT2D eigenvalue weighted by Gasteiger charge is -2.13. The summed E-state index contributed by atoms with van der Waals surface area (Å²) in [6, 6.07) is 5.23. The van der Waals surface area contributed by atoms with Crippen molar-refractivity contribution in [1.82, 2.24) is 14.8 Å². The van der Waals surface area contributed by atoms with E-state index in [9.17, 15) is 9.18 Å². The number of hydrogen-bond acceptors (Lipinski definition) is 5. The van der Waals surface area contributed by atoms with E-state index in [1.165, 1.54) is 16.7 Å². The maximum Gasteiger partial charge on any atom is 0.355 e. The monoisotopic (exact) mass is 359 g/mol. The highest BCUT2D eigenvalue weighted by Crippen LogP contribution is 2.31. The molecule has 0 atom stereocenters. The molecule has 3 heterocycles. The van der Waals surface area contributed by atoms with Gasteiger partial charge in [0, 0.05) is 10.8 Å². The number of fused-ring (bicyclic) bond motifs is 1. The van der Waals surface area contributed by atoms with Crippen molar-refractivity contribution in [3.05, 3.63) is 46.6 Å². The maximum atomic E-state index is 13.1. The second-order valence-corrected chi connectivity index (χ2v) is 6.46. The van der Waals surface area contributed by atoms with E-state index in [2.05, 4.69) is 10.1 Å². The fourth-order valence-corrected chi connectivity index (χ4v) is 3.51. The van der Waals surface area contributed by atoms with E-state index < -0.39 is 12.6 Å². The minimum absolute atomic E-state index is 0.0417. The molecule has 0 bridgehead atoms. The third kappa shape index (κ3) is 2.78. The number of carboxylic acid groups (broad SMARTS) is 1. The predicted octanol–water partition coefficient (Wildman–Crippen LogP) is 3.80. The zero-order chi connectivity index (χ0) is 17.4. The first-order valence-corrected chi connectivity index (χ1v) is 8.65. The molecule has 4 rings (SSSR count). The van der Waals surface area contributed by atoms with Gasteiger partial charge in [-0.3, -0.25) is 0 Å². The van der Waals surface area contributed by atoms with Gasteiger partial charge < -0.3 is 9.84 Å². The van der Waals surface area contributed by atoms with Gasteiger partial charge in [0.1, 0.15) is 18.1 Å². The molecular weight excluding hydrogens is 345 g/mol. The minimum atomic E-state index is -1.10. The summed E-state index contributed by atoms with van der Waals surface area (Å²) in [6.07, 6.45) is 3.86. The molecule has 0 saturated carbocycles. The molecular formula is C17H14FN3O3S. The van der Waals surface area contributed by atoms with Crippen LogP contribution in [-0.4, -0.2) is 32.4 Å². The van der Waals surface area contributed by atoms with Crippen LogP contribution < -0.4 is 0 Å². The first kappa shape index (κ1) is 15.8. The van der Waals surface area contributed by atoms with Gasteiger partial charge in [0.25, 0.3) is 0 Å². The van der Waals surface area contributed by atoms with Crippen LogP contribution >= 0.6 is 11.3 Å². The number of rotatable bonds is 4. The molecule has 0 amide bonds. The molecule has 1 N–H and O–H groups in total. The lowest BCUT2D eigenvalue weighted by atomic mass is 10.1. The first-order valence-electron chi connectivity index (χ1n) is 7.77. The summed E-state index contributed by atoms with van der Waals surface area (Å²) in [7, 11) is 0. The largest absolute Gasteiger partial charge is 0.492 e. The molecule has 2 aromatic heterocycles. The minimum Gasteiger partial charge on any atom is -0.492 e. The van der Waals surface area contributed by atoms with Crippen molar-refractivity contribution in [3.8, 4) is 5.13 Å². The number of carbonyl (C=O) groups is 1. The van der Waals surface area contributed by atoms with Crippen molar-refractivity contribution in [1.29, 1.82) is 0 Å². The molecule has 0 spiro atoms. The number of benzene rings is 1. The molecule has 0 unspecified atom stereocenters. The zero-order valence-corrected chi connectivity index (χ0v) is 13.9. The van der Waals surface area contributed by atoms with E-state index in [4.69, 9.17) is 9.84 Å². The van der Waals surface area contributed by atoms with Crippen LogP contribution in [-0.2, 0) is 11.4 Å². The number of halogens is 1. The van der Waals surface area contributed by atoms with Gasteiger partial charge >= 0.3 is 5.97 Å². The normalized spacial score (nSPS) is 14.4. The summed E-state index contributed by atoms with van der Waals surface area (Å²) in [5, 5.41) is 16.4. The van der Waals surface area contributed by atoms with E-state index in [-0.39, 0.29) is 5.69 Å². The van der Waals surface area contributed by atoms with Gasteiger partial charge in [-0.15, -0.1) is 11.3 Å². The molecule has 128 valence electrons. The van der Waals surface area contributed by atoms with Crippen molar-refractivity contribution < 1.29 is 19.0 Å². The lowest BCUT2D eigenvalue weighted by molar-refractivity contribution is 0.0691. The number of aromatic carboxylic acids is 1. The van der Waals surface area contributed by atoms with Crippen molar-refractivity contribution in [2.75, 3.05) is 6.61 Å². The molecule has 8 heteroatoms. The summed E-state index contributed by atoms with van der Waals surface area (Å²) >= 11 is 1.17. The third-order valence-electron chi connectivity index (χ3n) is 3.96. The van der Waals surface area contributed by atoms with E-state index in [1.807, 2.05) is 12.1 Å². The van der Waals surface area contributed by atoms with Crippen LogP contribution in [0.15, 0.2) is 29.7 Å². The maximum absolute atomic E-state index is 13.1. The van der Waals surface area contributed by atoms with E-state index in [1.54, 1.807) is 16.8 Å². The molecule has 0 aliphatic carbocycles. The van der Waals surface area contributed by atoms with Crippen molar-refractivity contribution in [2.45, 2.75) is 19.5 Å². The van der Waals surface area contributed by atoms with Gasteiger partial charge in [-0.1, -0.05) is 12.1 Å². The smallest absolute Gasteiger partial charge is 0.355 e. The Morgan fingerprint density at radius 1 is 1.44 bits per heavy atom. The Bertz CT molecular complexity index is 992. The SMILES string of the molecule is O=C(O)c1csc(-n2nc(C3=CCCCO3)c3ccc(CF)cc32)n1. The number of aromatic nitrogens is 3. The Morgan fingerprint density at radius 3 is 3.00 bits per heavy atom. The molecule has 1 aliphatic heterocycles. The van der Waals surface area contributed by atoms with Crippen LogP contribution in [0.5, 0.6) is 0 Å². The van der Waals surface area contributed by atoms with Crippen LogP contribution in [0.4, 0.5) is 4.39 Å². The highest BCUT2D eigenvalue weighted by atomic mass is 32.1. The number of ether oxygens (including phenoxy) is 1. The Morgan fingerprint density at radius 2 is 2.32 bits per heavy atom. The molecule has 0 radical (unpaired) electrons. The number of hydrogen-bond donors (Lipinski definition) is 1. The van der Waals surface area contributed by atoms with E-state index in [0.29, 0.717) is 34.3 Å². The lowest BCUT2D eigenvalue weighted by Crippen LogP contribution is -2.03. The number of allylic oxidation sites excluding steroid dienone is 1. The van der Waals surface area contributed by atoms with Gasteiger partial charge in [0.05, 0.1) is 12.1 Å². The zero-order valence-electron chi connectivity index (χ0n) is 13.1. The summed E-state index contributed by atoms with van der Waals surface area (Å²) in [6.45, 7) is 0.0387. The van der Waals surface area contributed by atoms with Gasteiger partial charge in [-0.25, -0.2) is 18.9 Å². The summed E-state index contributed by atoms with van der Waals surface area (Å²) in [5.41, 5.74) is 1.81. The number of nitrogens with zero attached hydrogens (tertiary/aromatic N) is 3. The molecule has 1 aliphatic rings. The van der Waals surface area contributed by atoms with Crippen LogP contribution in [0.25, 0.3) is 21.8 Å². The average molecular weight is 359 g/mol. The summed E-state index contributed by atoms with van der Waals surface area (Å²) in [5.74, 6) is -0.403. The van der Waals surface area contributed by atoms with Crippen molar-refractivity contribution in [3.63, 3.8) is 0 Å². The van der Waals surface area contributed by atoms with Crippen molar-refractivity contribution >= 4 is 34.0 Å². The van der Waals surface area contributed by atoms with E-state index in [0.717, 1.165) is 18.2 Å². The number of alkyl halides is 1.